The number of hydrogen-bond acceptors (Lipinski definition) is 3. The van der Waals surface area contributed by atoms with Gasteiger partial charge in [-0.25, -0.2) is 4.79 Å². The molecule has 4 nitrogen and oxygen atoms in total. The number of carbonyl (C=O) groups is 1. The number of carbonyl (C=O) groups excluding carboxylic acids is 1. The molecule has 0 spiro atoms. The topological polar surface area (TPSA) is 35.5 Å². The van der Waals surface area contributed by atoms with Gasteiger partial charge in [0.25, 0.3) is 0 Å². The average Bonchev–Trinajstić information content (AvgIpc) is 2.58. The van der Waals surface area contributed by atoms with Gasteiger partial charge in [-0.15, -0.1) is 0 Å². The van der Waals surface area contributed by atoms with Crippen LogP contribution in [-0.4, -0.2) is 42.2 Å². The van der Waals surface area contributed by atoms with Crippen LogP contribution < -0.4 is 0 Å². The van der Waals surface area contributed by atoms with Gasteiger partial charge in [0.15, 0.2) is 0 Å². The van der Waals surface area contributed by atoms with Gasteiger partial charge in [0.2, 0.25) is 0 Å². The normalized spacial score (nSPS) is 12.4. The number of rotatable bonds is 15. The third-order valence-electron chi connectivity index (χ3n) is 5.16. The van der Waals surface area contributed by atoms with E-state index in [4.69, 9.17) is 9.78 Å². The number of quaternary nitrogens is 1. The second-order valence-corrected chi connectivity index (χ2v) is 8.24. The summed E-state index contributed by atoms with van der Waals surface area (Å²) in [6, 6.07) is 0. The maximum atomic E-state index is 11.5. The lowest BCUT2D eigenvalue weighted by Gasteiger charge is -2.35. The zero-order valence-corrected chi connectivity index (χ0v) is 17.9. The van der Waals surface area contributed by atoms with Gasteiger partial charge in [0.05, 0.1) is 26.2 Å². The minimum absolute atomic E-state index is 0.251. The van der Waals surface area contributed by atoms with Gasteiger partial charge in [0.1, 0.15) is 5.60 Å². The molecular formula is C21H44NO3+. The Morgan fingerprint density at radius 1 is 0.760 bits per heavy atom. The van der Waals surface area contributed by atoms with Crippen molar-refractivity contribution in [2.45, 2.75) is 105 Å². The minimum atomic E-state index is -0.431. The van der Waals surface area contributed by atoms with Crippen LogP contribution in [0.3, 0.4) is 0 Å². The second kappa shape index (κ2) is 13.6. The highest BCUT2D eigenvalue weighted by Gasteiger charge is 2.19. The first-order chi connectivity index (χ1) is 11.8. The van der Waals surface area contributed by atoms with Crippen LogP contribution in [0, 0.1) is 0 Å². The van der Waals surface area contributed by atoms with Crippen molar-refractivity contribution in [3.8, 4) is 0 Å². The lowest BCUT2D eigenvalue weighted by atomic mass is 10.1. The monoisotopic (exact) mass is 358 g/mol. The Morgan fingerprint density at radius 3 is 1.64 bits per heavy atom. The molecule has 4 heteroatoms. The molecule has 0 aromatic carbocycles. The van der Waals surface area contributed by atoms with Gasteiger partial charge in [-0.3, -0.25) is 4.89 Å². The molecule has 0 aliphatic heterocycles. The lowest BCUT2D eigenvalue weighted by molar-refractivity contribution is -0.923. The van der Waals surface area contributed by atoms with E-state index in [1.165, 1.54) is 69.2 Å². The first kappa shape index (κ1) is 24.4. The van der Waals surface area contributed by atoms with Crippen LogP contribution in [0.1, 0.15) is 99.3 Å². The van der Waals surface area contributed by atoms with Crippen molar-refractivity contribution in [3.05, 3.63) is 0 Å². The number of nitrogens with zero attached hydrogens (tertiary/aromatic N) is 1. The highest BCUT2D eigenvalue weighted by molar-refractivity contribution is 5.68. The van der Waals surface area contributed by atoms with Crippen LogP contribution in [0.25, 0.3) is 0 Å². The molecule has 0 rings (SSSR count). The van der Waals surface area contributed by atoms with E-state index in [2.05, 4.69) is 20.8 Å². The maximum absolute atomic E-state index is 11.5. The molecule has 0 saturated carbocycles. The van der Waals surface area contributed by atoms with Gasteiger partial charge in [0, 0.05) is 6.42 Å². The molecule has 0 aliphatic rings. The molecule has 0 amide bonds. The molecule has 25 heavy (non-hydrogen) atoms. The van der Waals surface area contributed by atoms with Crippen LogP contribution >= 0.6 is 0 Å². The fourth-order valence-corrected chi connectivity index (χ4v) is 3.14. The fourth-order valence-electron chi connectivity index (χ4n) is 3.14. The molecular weight excluding hydrogens is 314 g/mol. The van der Waals surface area contributed by atoms with E-state index in [9.17, 15) is 4.79 Å². The molecule has 0 unspecified atom stereocenters. The summed E-state index contributed by atoms with van der Waals surface area (Å²) in [6.07, 6.45) is 10.3. The maximum Gasteiger partial charge on any atom is 0.342 e. The van der Waals surface area contributed by atoms with E-state index >= 15 is 0 Å². The lowest BCUT2D eigenvalue weighted by Crippen LogP contribution is -2.48. The van der Waals surface area contributed by atoms with Gasteiger partial charge >= 0.3 is 5.97 Å². The van der Waals surface area contributed by atoms with Crippen molar-refractivity contribution in [3.63, 3.8) is 0 Å². The molecule has 0 saturated heterocycles. The summed E-state index contributed by atoms with van der Waals surface area (Å²) >= 11 is 0. The minimum Gasteiger partial charge on any atom is -0.324 e. The molecule has 0 aromatic rings. The van der Waals surface area contributed by atoms with E-state index in [-0.39, 0.29) is 5.97 Å². The summed E-state index contributed by atoms with van der Waals surface area (Å²) < 4.78 is 1.27. The van der Waals surface area contributed by atoms with Gasteiger partial charge in [-0.1, -0.05) is 32.1 Å². The first-order valence-electron chi connectivity index (χ1n) is 10.5. The predicted molar refractivity (Wildman–Crippen MR) is 105 cm³/mol. The Balaban J connectivity index is 3.46. The molecule has 0 aromatic heterocycles. The SMILES string of the molecule is CC[N+](CC)(CC)CCCCCCCCCCC(=O)OOC(C)(C)C. The zero-order valence-electron chi connectivity index (χ0n) is 17.9. The third-order valence-corrected chi connectivity index (χ3v) is 5.16. The Kier molecular flexibility index (Phi) is 13.2. The van der Waals surface area contributed by atoms with Crippen molar-refractivity contribution >= 4 is 5.97 Å². The molecule has 0 N–H and O–H groups in total. The summed E-state index contributed by atoms with van der Waals surface area (Å²) in [7, 11) is 0. The Morgan fingerprint density at radius 2 is 1.20 bits per heavy atom. The van der Waals surface area contributed by atoms with Crippen molar-refractivity contribution in [2.24, 2.45) is 0 Å². The largest absolute Gasteiger partial charge is 0.342 e. The molecule has 0 atom stereocenters. The fraction of sp³-hybridized carbons (Fsp3) is 0.952. The molecule has 0 radical (unpaired) electrons. The average molecular weight is 359 g/mol. The standard InChI is InChI=1S/C21H44NO3/c1-7-22(8-2,9-3)19-17-15-13-11-10-12-14-16-18-20(23)24-25-21(4,5)6/h7-19H2,1-6H3/q+1. The smallest absolute Gasteiger partial charge is 0.324 e. The highest BCUT2D eigenvalue weighted by atomic mass is 17.2. The van der Waals surface area contributed by atoms with Gasteiger partial charge in [-0.05, 0) is 60.8 Å². The van der Waals surface area contributed by atoms with Crippen molar-refractivity contribution in [2.75, 3.05) is 26.2 Å². The quantitative estimate of drug-likeness (QED) is 0.164. The molecule has 0 fully saturated rings. The van der Waals surface area contributed by atoms with Gasteiger partial charge in [-0.2, -0.15) is 4.89 Å². The number of unbranched alkanes of at least 4 members (excludes halogenated alkanes) is 7. The van der Waals surface area contributed by atoms with Crippen LogP contribution in [0.5, 0.6) is 0 Å². The summed E-state index contributed by atoms with van der Waals surface area (Å²) in [5, 5.41) is 0. The Labute approximate surface area is 156 Å². The van der Waals surface area contributed by atoms with Crippen molar-refractivity contribution < 1.29 is 19.1 Å². The van der Waals surface area contributed by atoms with Crippen LogP contribution in [0.15, 0.2) is 0 Å². The Hall–Kier alpha value is -0.610. The Bertz CT molecular complexity index is 324. The summed E-state index contributed by atoms with van der Waals surface area (Å²) in [6.45, 7) is 17.7. The van der Waals surface area contributed by atoms with Crippen molar-refractivity contribution in [1.82, 2.24) is 0 Å². The molecule has 150 valence electrons. The van der Waals surface area contributed by atoms with Crippen molar-refractivity contribution in [1.29, 1.82) is 0 Å². The summed E-state index contributed by atoms with van der Waals surface area (Å²) in [5.74, 6) is -0.251. The number of hydrogen-bond donors (Lipinski definition) is 0. The van der Waals surface area contributed by atoms with Gasteiger partial charge < -0.3 is 4.48 Å². The van der Waals surface area contributed by atoms with Crippen LogP contribution in [0.2, 0.25) is 0 Å². The highest BCUT2D eigenvalue weighted by Crippen LogP contribution is 2.14. The van der Waals surface area contributed by atoms with Crippen LogP contribution in [-0.2, 0) is 14.6 Å². The zero-order chi connectivity index (χ0) is 19.2. The van der Waals surface area contributed by atoms with E-state index in [1.807, 2.05) is 20.8 Å². The van der Waals surface area contributed by atoms with E-state index in [1.54, 1.807) is 0 Å². The third kappa shape index (κ3) is 13.3. The molecule has 0 heterocycles. The first-order valence-corrected chi connectivity index (χ1v) is 10.5. The summed E-state index contributed by atoms with van der Waals surface area (Å²) in [4.78, 5) is 21.3. The predicted octanol–water partition coefficient (Wildman–Crippen LogP) is 5.65. The van der Waals surface area contributed by atoms with E-state index in [0.29, 0.717) is 6.42 Å². The second-order valence-electron chi connectivity index (χ2n) is 8.24. The molecule has 0 aliphatic carbocycles. The van der Waals surface area contributed by atoms with E-state index < -0.39 is 5.60 Å². The van der Waals surface area contributed by atoms with Crippen LogP contribution in [0.4, 0.5) is 0 Å². The molecule has 0 bridgehead atoms. The summed E-state index contributed by atoms with van der Waals surface area (Å²) in [5.41, 5.74) is -0.431. The van der Waals surface area contributed by atoms with E-state index in [0.717, 1.165) is 12.8 Å².